The van der Waals surface area contributed by atoms with Gasteiger partial charge in [-0.05, 0) is 65.6 Å². The third-order valence-electron chi connectivity index (χ3n) is 5.64. The van der Waals surface area contributed by atoms with E-state index in [0.29, 0.717) is 11.3 Å². The monoisotopic (exact) mass is 374 g/mol. The van der Waals surface area contributed by atoms with Crippen LogP contribution in [0.4, 0.5) is 8.78 Å². The summed E-state index contributed by atoms with van der Waals surface area (Å²) in [6.45, 7) is 4.30. The summed E-state index contributed by atoms with van der Waals surface area (Å²) in [5.74, 6) is -1.35. The van der Waals surface area contributed by atoms with Crippen LogP contribution in [-0.2, 0) is 4.74 Å². The summed E-state index contributed by atoms with van der Waals surface area (Å²) < 4.78 is 39.3. The zero-order valence-corrected chi connectivity index (χ0v) is 16.1. The van der Waals surface area contributed by atoms with E-state index in [1.165, 1.54) is 38.5 Å². The molecule has 27 heavy (non-hydrogen) atoms. The van der Waals surface area contributed by atoms with Crippen molar-refractivity contribution in [1.29, 1.82) is 0 Å². The fourth-order valence-corrected chi connectivity index (χ4v) is 4.12. The molecular formula is C22H24F2O3. The van der Waals surface area contributed by atoms with Gasteiger partial charge in [0.15, 0.2) is 0 Å². The Balaban J connectivity index is 2.27. The fourth-order valence-electron chi connectivity index (χ4n) is 4.12. The first-order chi connectivity index (χ1) is 12.8. The summed E-state index contributed by atoms with van der Waals surface area (Å²) in [6.07, 6.45) is 2.95. The van der Waals surface area contributed by atoms with Gasteiger partial charge in [-0.15, -0.1) is 0 Å². The molecule has 2 aromatic carbocycles. The third-order valence-corrected chi connectivity index (χ3v) is 5.64. The molecule has 1 saturated carbocycles. The second-order valence-corrected chi connectivity index (χ2v) is 7.69. The average Bonchev–Trinajstić information content (AvgIpc) is 3.00. The first-order valence-electron chi connectivity index (χ1n) is 9.04. The van der Waals surface area contributed by atoms with Gasteiger partial charge in [0, 0.05) is 5.56 Å². The van der Waals surface area contributed by atoms with Crippen molar-refractivity contribution in [3.63, 3.8) is 0 Å². The summed E-state index contributed by atoms with van der Waals surface area (Å²) in [5.41, 5.74) is 1.34. The van der Waals surface area contributed by atoms with Crippen LogP contribution in [0, 0.1) is 17.0 Å². The molecule has 0 spiro atoms. The van der Waals surface area contributed by atoms with Crippen molar-refractivity contribution in [2.24, 2.45) is 5.41 Å². The Kier molecular flexibility index (Phi) is 5.22. The maximum atomic E-state index is 14.7. The molecule has 1 aliphatic carbocycles. The highest BCUT2D eigenvalue weighted by Gasteiger charge is 2.38. The molecule has 0 aliphatic heterocycles. The summed E-state index contributed by atoms with van der Waals surface area (Å²) in [4.78, 5) is 12.0. The third kappa shape index (κ3) is 3.55. The SMILES string of the molecule is COC(=O)c1cc([C@H]2CCCC2(C)C)c(-c2cc(OC)ccc2F)cc1F. The number of carbonyl (C=O) groups excluding carboxylic acids is 1. The Hall–Kier alpha value is -2.43. The lowest BCUT2D eigenvalue weighted by atomic mass is 9.75. The molecule has 1 aliphatic rings. The molecule has 144 valence electrons. The molecule has 3 rings (SSSR count). The van der Waals surface area contributed by atoms with Gasteiger partial charge in [0.05, 0.1) is 19.8 Å². The molecule has 0 heterocycles. The number of halogens is 2. The van der Waals surface area contributed by atoms with Crippen molar-refractivity contribution in [3.8, 4) is 16.9 Å². The maximum absolute atomic E-state index is 14.7. The molecule has 0 N–H and O–H groups in total. The van der Waals surface area contributed by atoms with E-state index in [-0.39, 0.29) is 22.5 Å². The number of carbonyl (C=O) groups is 1. The molecular weight excluding hydrogens is 350 g/mol. The Morgan fingerprint density at radius 3 is 2.41 bits per heavy atom. The van der Waals surface area contributed by atoms with Gasteiger partial charge in [-0.3, -0.25) is 0 Å². The number of esters is 1. The lowest BCUT2D eigenvalue weighted by Crippen LogP contribution is -2.18. The van der Waals surface area contributed by atoms with E-state index in [0.717, 1.165) is 24.8 Å². The first kappa shape index (κ1) is 19.3. The minimum absolute atomic E-state index is 0.0324. The molecule has 0 radical (unpaired) electrons. The van der Waals surface area contributed by atoms with Gasteiger partial charge >= 0.3 is 5.97 Å². The highest BCUT2D eigenvalue weighted by molar-refractivity contribution is 5.91. The minimum Gasteiger partial charge on any atom is -0.497 e. The predicted octanol–water partition coefficient (Wildman–Crippen LogP) is 5.72. The molecule has 0 aromatic heterocycles. The lowest BCUT2D eigenvalue weighted by Gasteiger charge is -2.30. The zero-order valence-electron chi connectivity index (χ0n) is 16.1. The Morgan fingerprint density at radius 2 is 1.81 bits per heavy atom. The first-order valence-corrected chi connectivity index (χ1v) is 9.04. The average molecular weight is 374 g/mol. The van der Waals surface area contributed by atoms with Gasteiger partial charge in [-0.1, -0.05) is 20.3 Å². The van der Waals surface area contributed by atoms with Gasteiger partial charge in [-0.2, -0.15) is 0 Å². The maximum Gasteiger partial charge on any atom is 0.340 e. The quantitative estimate of drug-likeness (QED) is 0.642. The van der Waals surface area contributed by atoms with Crippen LogP contribution in [0.25, 0.3) is 11.1 Å². The normalized spacial score (nSPS) is 18.4. The number of benzene rings is 2. The highest BCUT2D eigenvalue weighted by atomic mass is 19.1. The molecule has 0 saturated heterocycles. The number of hydrogen-bond acceptors (Lipinski definition) is 3. The molecule has 0 bridgehead atoms. The predicted molar refractivity (Wildman–Crippen MR) is 100 cm³/mol. The molecule has 3 nitrogen and oxygen atoms in total. The van der Waals surface area contributed by atoms with Crippen LogP contribution in [0.15, 0.2) is 30.3 Å². The lowest BCUT2D eigenvalue weighted by molar-refractivity contribution is 0.0595. The Bertz CT molecular complexity index is 874. The van der Waals surface area contributed by atoms with Crippen molar-refractivity contribution in [2.45, 2.75) is 39.0 Å². The van der Waals surface area contributed by atoms with E-state index >= 15 is 0 Å². The second kappa shape index (κ2) is 7.29. The smallest absolute Gasteiger partial charge is 0.340 e. The molecule has 0 unspecified atom stereocenters. The number of ether oxygens (including phenoxy) is 2. The Morgan fingerprint density at radius 1 is 1.07 bits per heavy atom. The summed E-state index contributed by atoms with van der Waals surface area (Å²) in [5, 5.41) is 0. The van der Waals surface area contributed by atoms with E-state index in [2.05, 4.69) is 13.8 Å². The summed E-state index contributed by atoms with van der Waals surface area (Å²) in [6, 6.07) is 7.18. The van der Waals surface area contributed by atoms with Crippen LogP contribution < -0.4 is 4.74 Å². The van der Waals surface area contributed by atoms with Crippen LogP contribution in [0.5, 0.6) is 5.75 Å². The largest absolute Gasteiger partial charge is 0.497 e. The fraction of sp³-hybridized carbons (Fsp3) is 0.409. The number of rotatable bonds is 4. The van der Waals surface area contributed by atoms with Gasteiger partial charge in [-0.25, -0.2) is 13.6 Å². The van der Waals surface area contributed by atoms with Crippen molar-refractivity contribution in [3.05, 3.63) is 53.1 Å². The van der Waals surface area contributed by atoms with Crippen LogP contribution in [0.1, 0.15) is 54.9 Å². The standard InChI is InChI=1S/C22H24F2O3/c1-22(2)9-5-6-18(22)15-11-17(21(25)27-4)20(24)12-14(15)16-10-13(26-3)7-8-19(16)23/h7-8,10-12,18H,5-6,9H2,1-4H3/t18-/m1/s1. The molecule has 2 aromatic rings. The summed E-state index contributed by atoms with van der Waals surface area (Å²) in [7, 11) is 2.72. The van der Waals surface area contributed by atoms with E-state index in [4.69, 9.17) is 9.47 Å². The van der Waals surface area contributed by atoms with E-state index < -0.39 is 17.6 Å². The van der Waals surface area contributed by atoms with Crippen molar-refractivity contribution >= 4 is 5.97 Å². The van der Waals surface area contributed by atoms with Crippen LogP contribution in [-0.4, -0.2) is 20.2 Å². The van der Waals surface area contributed by atoms with Gasteiger partial charge in [0.25, 0.3) is 0 Å². The van der Waals surface area contributed by atoms with Crippen LogP contribution >= 0.6 is 0 Å². The zero-order chi connectivity index (χ0) is 19.8. The topological polar surface area (TPSA) is 35.5 Å². The molecule has 5 heteroatoms. The van der Waals surface area contributed by atoms with Gasteiger partial charge in [0.1, 0.15) is 17.4 Å². The molecule has 0 amide bonds. The number of methoxy groups -OCH3 is 2. The van der Waals surface area contributed by atoms with E-state index in [1.807, 2.05) is 0 Å². The van der Waals surface area contributed by atoms with Crippen molar-refractivity contribution in [1.82, 2.24) is 0 Å². The molecule has 1 atom stereocenters. The van der Waals surface area contributed by atoms with Crippen molar-refractivity contribution in [2.75, 3.05) is 14.2 Å². The summed E-state index contributed by atoms with van der Waals surface area (Å²) >= 11 is 0. The van der Waals surface area contributed by atoms with Gasteiger partial charge < -0.3 is 9.47 Å². The highest BCUT2D eigenvalue weighted by Crippen LogP contribution is 2.51. The van der Waals surface area contributed by atoms with Crippen molar-refractivity contribution < 1.29 is 23.0 Å². The molecule has 1 fully saturated rings. The van der Waals surface area contributed by atoms with E-state index in [9.17, 15) is 13.6 Å². The number of hydrogen-bond donors (Lipinski definition) is 0. The second-order valence-electron chi connectivity index (χ2n) is 7.69. The Labute approximate surface area is 158 Å². The van der Waals surface area contributed by atoms with Crippen LogP contribution in [0.3, 0.4) is 0 Å². The minimum atomic E-state index is -0.734. The van der Waals surface area contributed by atoms with Crippen LogP contribution in [0.2, 0.25) is 0 Å². The van der Waals surface area contributed by atoms with Gasteiger partial charge in [0.2, 0.25) is 0 Å². The van der Waals surface area contributed by atoms with E-state index in [1.54, 1.807) is 6.07 Å².